The van der Waals surface area contributed by atoms with Crippen LogP contribution in [0.4, 0.5) is 0 Å². The molecule has 0 amide bonds. The minimum atomic E-state index is -2.65. The van der Waals surface area contributed by atoms with E-state index in [1.54, 1.807) is 0 Å². The van der Waals surface area contributed by atoms with Crippen molar-refractivity contribution in [2.45, 2.75) is 50.4 Å². The molecule has 0 aromatic heterocycles. The summed E-state index contributed by atoms with van der Waals surface area (Å²) in [5.41, 5.74) is 1.38. The fourth-order valence-electron chi connectivity index (χ4n) is 3.33. The molecule has 1 saturated carbocycles. The van der Waals surface area contributed by atoms with E-state index in [2.05, 4.69) is 19.1 Å². The van der Waals surface area contributed by atoms with Gasteiger partial charge in [0.1, 0.15) is 6.10 Å². The smallest absolute Gasteiger partial charge is 0.276 e. The maximum Gasteiger partial charge on any atom is 0.276 e. The van der Waals surface area contributed by atoms with Crippen molar-refractivity contribution in [3.8, 4) is 0 Å². The lowest BCUT2D eigenvalue weighted by atomic mass is 10.0. The van der Waals surface area contributed by atoms with Crippen molar-refractivity contribution in [3.05, 3.63) is 35.9 Å². The maximum atomic E-state index is 13.2. The summed E-state index contributed by atoms with van der Waals surface area (Å²) in [7, 11) is -0.688. The van der Waals surface area contributed by atoms with Crippen LogP contribution in [0.2, 0.25) is 0 Å². The predicted octanol–water partition coefficient (Wildman–Crippen LogP) is 4.21. The van der Waals surface area contributed by atoms with Gasteiger partial charge in [0.05, 0.1) is 5.66 Å². The van der Waals surface area contributed by atoms with Crippen molar-refractivity contribution in [3.63, 3.8) is 0 Å². The zero-order valence-corrected chi connectivity index (χ0v) is 12.6. The molecule has 1 aliphatic heterocycles. The second-order valence-corrected chi connectivity index (χ2v) is 8.45. The van der Waals surface area contributed by atoms with Crippen molar-refractivity contribution in [2.24, 2.45) is 0 Å². The molecule has 3 nitrogen and oxygen atoms in total. The fourth-order valence-corrected chi connectivity index (χ4v) is 6.44. The Kier molecular flexibility index (Phi) is 3.55. The molecule has 0 unspecified atom stereocenters. The quantitative estimate of drug-likeness (QED) is 0.759. The number of benzene rings is 1. The lowest BCUT2D eigenvalue weighted by molar-refractivity contribution is 0.209. The zero-order chi connectivity index (χ0) is 13.5. The molecule has 0 N–H and O–H groups in total. The molecule has 1 aliphatic carbocycles. The van der Waals surface area contributed by atoms with Crippen LogP contribution >= 0.6 is 7.52 Å². The molecule has 0 radical (unpaired) electrons. The molecule has 1 saturated heterocycles. The van der Waals surface area contributed by atoms with Gasteiger partial charge in [0.15, 0.2) is 0 Å². The molecule has 2 aliphatic rings. The molecule has 4 heteroatoms. The molecule has 1 aromatic carbocycles. The Morgan fingerprint density at radius 1 is 1.21 bits per heavy atom. The average molecular weight is 279 g/mol. The van der Waals surface area contributed by atoms with E-state index in [1.165, 1.54) is 12.8 Å². The second-order valence-electron chi connectivity index (χ2n) is 5.75. The first-order valence-electron chi connectivity index (χ1n) is 7.19. The number of hydrogen-bond acceptors (Lipinski definition) is 2. The lowest BCUT2D eigenvalue weighted by Gasteiger charge is -2.25. The van der Waals surface area contributed by atoms with Gasteiger partial charge in [-0.15, -0.1) is 0 Å². The molecule has 3 atom stereocenters. The summed E-state index contributed by atoms with van der Waals surface area (Å²) in [4.78, 5) is 0. The monoisotopic (exact) mass is 279 g/mol. The Bertz CT molecular complexity index is 484. The Balaban J connectivity index is 1.89. The van der Waals surface area contributed by atoms with Gasteiger partial charge < -0.3 is 4.52 Å². The minimum absolute atomic E-state index is 0.0577. The summed E-state index contributed by atoms with van der Waals surface area (Å²) < 4.78 is 21.4. The van der Waals surface area contributed by atoms with Gasteiger partial charge in [0, 0.05) is 6.04 Å². The molecule has 1 aromatic rings. The third-order valence-electron chi connectivity index (χ3n) is 4.65. The fraction of sp³-hybridized carbons (Fsp3) is 0.600. The van der Waals surface area contributed by atoms with Gasteiger partial charge in [0.25, 0.3) is 7.52 Å². The first kappa shape index (κ1) is 13.4. The van der Waals surface area contributed by atoms with Crippen LogP contribution in [0, 0.1) is 0 Å². The van der Waals surface area contributed by atoms with Gasteiger partial charge >= 0.3 is 0 Å². The number of hydrogen-bond donors (Lipinski definition) is 0. The molecule has 0 spiro atoms. The van der Waals surface area contributed by atoms with Gasteiger partial charge in [-0.3, -0.25) is 4.57 Å². The lowest BCUT2D eigenvalue weighted by Crippen LogP contribution is -2.25. The molecular formula is C15H22NO2P. The number of rotatable bonds is 2. The SMILES string of the molecule is C[C@H]1[C@@H](c2ccccc2)O[P@](=O)(C2CCCC2)N1C. The topological polar surface area (TPSA) is 29.5 Å². The van der Waals surface area contributed by atoms with Crippen LogP contribution < -0.4 is 0 Å². The highest BCUT2D eigenvalue weighted by atomic mass is 31.2. The molecule has 0 bridgehead atoms. The summed E-state index contributed by atoms with van der Waals surface area (Å²) in [5, 5.41) is 0. The van der Waals surface area contributed by atoms with Crippen molar-refractivity contribution in [1.29, 1.82) is 0 Å². The summed E-state index contributed by atoms with van der Waals surface area (Å²) in [6.07, 6.45) is 4.43. The van der Waals surface area contributed by atoms with E-state index < -0.39 is 7.52 Å². The van der Waals surface area contributed by atoms with E-state index in [9.17, 15) is 4.57 Å². The van der Waals surface area contributed by atoms with Crippen molar-refractivity contribution >= 4 is 7.52 Å². The van der Waals surface area contributed by atoms with Crippen LogP contribution in [-0.2, 0) is 9.09 Å². The highest BCUT2D eigenvalue weighted by Crippen LogP contribution is 2.67. The van der Waals surface area contributed by atoms with E-state index in [0.717, 1.165) is 18.4 Å². The molecule has 1 heterocycles. The van der Waals surface area contributed by atoms with E-state index >= 15 is 0 Å². The first-order chi connectivity index (χ1) is 9.13. The minimum Gasteiger partial charge on any atom is -0.307 e. The Morgan fingerprint density at radius 2 is 1.84 bits per heavy atom. The molecule has 3 rings (SSSR count). The molecule has 2 fully saturated rings. The standard InChI is InChI=1S/C15H22NO2P/c1-12-15(13-8-4-3-5-9-13)18-19(17,16(12)2)14-10-6-7-11-14/h3-5,8-9,12,14-15H,6-7,10-11H2,1-2H3/t12-,15-,19+/m0/s1. The molecule has 104 valence electrons. The third-order valence-corrected chi connectivity index (χ3v) is 7.86. The Labute approximate surface area is 115 Å². The van der Waals surface area contributed by atoms with Crippen molar-refractivity contribution in [1.82, 2.24) is 4.67 Å². The van der Waals surface area contributed by atoms with E-state index in [4.69, 9.17) is 4.52 Å². The van der Waals surface area contributed by atoms with Crippen LogP contribution in [0.25, 0.3) is 0 Å². The summed E-state index contributed by atoms with van der Waals surface area (Å²) in [6.45, 7) is 2.12. The van der Waals surface area contributed by atoms with Gasteiger partial charge in [-0.1, -0.05) is 43.2 Å². The van der Waals surface area contributed by atoms with E-state index in [0.29, 0.717) is 0 Å². The third kappa shape index (κ3) is 2.18. The summed E-state index contributed by atoms with van der Waals surface area (Å²) >= 11 is 0. The number of likely N-dealkylation sites (N-methyl/N-ethyl adjacent to an activating group) is 1. The van der Waals surface area contributed by atoms with Crippen molar-refractivity contribution < 1.29 is 9.09 Å². The van der Waals surface area contributed by atoms with Crippen LogP contribution in [0.5, 0.6) is 0 Å². The summed E-state index contributed by atoms with van der Waals surface area (Å²) in [5.74, 6) is 0. The zero-order valence-electron chi connectivity index (χ0n) is 11.7. The highest BCUT2D eigenvalue weighted by molar-refractivity contribution is 7.57. The number of nitrogens with zero attached hydrogens (tertiary/aromatic N) is 1. The van der Waals surface area contributed by atoms with Gasteiger partial charge in [-0.05, 0) is 32.4 Å². The maximum absolute atomic E-state index is 13.2. The Hall–Kier alpha value is -0.630. The van der Waals surface area contributed by atoms with Gasteiger partial charge in [-0.2, -0.15) is 0 Å². The van der Waals surface area contributed by atoms with Crippen LogP contribution in [0.1, 0.15) is 44.3 Å². The van der Waals surface area contributed by atoms with Gasteiger partial charge in [0.2, 0.25) is 0 Å². The average Bonchev–Trinajstić information content (AvgIpc) is 3.04. The Morgan fingerprint density at radius 3 is 2.47 bits per heavy atom. The normalized spacial score (nSPS) is 36.9. The van der Waals surface area contributed by atoms with Crippen LogP contribution in [0.15, 0.2) is 30.3 Å². The highest BCUT2D eigenvalue weighted by Gasteiger charge is 2.51. The van der Waals surface area contributed by atoms with E-state index in [-0.39, 0.29) is 17.8 Å². The summed E-state index contributed by atoms with van der Waals surface area (Å²) in [6, 6.07) is 10.4. The van der Waals surface area contributed by atoms with Gasteiger partial charge in [-0.25, -0.2) is 4.67 Å². The van der Waals surface area contributed by atoms with Crippen LogP contribution in [-0.4, -0.2) is 23.4 Å². The largest absolute Gasteiger partial charge is 0.307 e. The van der Waals surface area contributed by atoms with Crippen molar-refractivity contribution in [2.75, 3.05) is 7.05 Å². The molecule has 19 heavy (non-hydrogen) atoms. The predicted molar refractivity (Wildman–Crippen MR) is 77.4 cm³/mol. The first-order valence-corrected chi connectivity index (χ1v) is 8.84. The molecular weight excluding hydrogens is 257 g/mol. The van der Waals surface area contributed by atoms with E-state index in [1.807, 2.05) is 29.9 Å². The van der Waals surface area contributed by atoms with Crippen LogP contribution in [0.3, 0.4) is 0 Å². The second kappa shape index (κ2) is 5.05.